The van der Waals surface area contributed by atoms with E-state index in [1.807, 2.05) is 31.2 Å². The lowest BCUT2D eigenvalue weighted by Crippen LogP contribution is -2.39. The summed E-state index contributed by atoms with van der Waals surface area (Å²) in [5, 5.41) is 46.7. The Kier molecular flexibility index (Phi) is 7.00. The van der Waals surface area contributed by atoms with Gasteiger partial charge in [-0.05, 0) is 24.6 Å². The number of aliphatic imine (C=N–C) groups is 1. The molecule has 0 aliphatic carbocycles. The van der Waals surface area contributed by atoms with Gasteiger partial charge in [0.1, 0.15) is 5.54 Å². The van der Waals surface area contributed by atoms with Crippen LogP contribution in [0.2, 0.25) is 0 Å². The average Bonchev–Trinajstić information content (AvgIpc) is 2.70. The Bertz CT molecular complexity index is 824. The molecular formula is C19H23N3O5. The summed E-state index contributed by atoms with van der Waals surface area (Å²) in [6, 6.07) is 10.6. The first-order valence-electron chi connectivity index (χ1n) is 8.25. The monoisotopic (exact) mass is 373 g/mol. The van der Waals surface area contributed by atoms with Gasteiger partial charge in [-0.3, -0.25) is 4.99 Å². The molecule has 2 rings (SSSR count). The number of hydrogen-bond acceptors (Lipinski definition) is 8. The van der Waals surface area contributed by atoms with Crippen molar-refractivity contribution >= 4 is 17.6 Å². The normalized spacial score (nSPS) is 12.2. The van der Waals surface area contributed by atoms with Gasteiger partial charge in [-0.1, -0.05) is 18.2 Å². The number of methoxy groups -OCH3 is 1. The number of benzene rings is 2. The number of aromatic hydroxyl groups is 1. The summed E-state index contributed by atoms with van der Waals surface area (Å²) in [6.45, 7) is 0.255. The number of nitrogens with zero attached hydrogens (tertiary/aromatic N) is 3. The van der Waals surface area contributed by atoms with Crippen LogP contribution in [0.25, 0.3) is 0 Å². The number of aliphatic hydroxyl groups excluding tert-OH is 3. The molecule has 0 saturated heterocycles. The quantitative estimate of drug-likeness (QED) is 0.417. The van der Waals surface area contributed by atoms with E-state index in [1.165, 1.54) is 25.5 Å². The highest BCUT2D eigenvalue weighted by Crippen LogP contribution is 2.35. The van der Waals surface area contributed by atoms with Crippen LogP contribution in [0.15, 0.2) is 51.6 Å². The summed E-state index contributed by atoms with van der Waals surface area (Å²) in [4.78, 5) is 4.03. The Morgan fingerprint density at radius 2 is 1.70 bits per heavy atom. The fraction of sp³-hybridized carbons (Fsp3) is 0.316. The van der Waals surface area contributed by atoms with E-state index in [2.05, 4.69) is 15.2 Å². The number of ether oxygens (including phenoxy) is 1. The van der Waals surface area contributed by atoms with Crippen molar-refractivity contribution in [3.05, 3.63) is 47.5 Å². The number of phenolic OH excluding ortho intramolecular Hbond substituents is 1. The minimum atomic E-state index is -1.45. The fourth-order valence-corrected chi connectivity index (χ4v) is 2.19. The molecule has 0 atom stereocenters. The van der Waals surface area contributed by atoms with E-state index in [1.54, 1.807) is 0 Å². The number of hydrogen-bond donors (Lipinski definition) is 4. The van der Waals surface area contributed by atoms with Gasteiger partial charge in [-0.15, -0.1) is 0 Å². The molecule has 0 aliphatic heterocycles. The molecule has 0 radical (unpaired) electrons. The van der Waals surface area contributed by atoms with E-state index in [0.717, 1.165) is 5.56 Å². The highest BCUT2D eigenvalue weighted by molar-refractivity contribution is 5.87. The van der Waals surface area contributed by atoms with Crippen LogP contribution in [0.1, 0.15) is 11.1 Å². The molecule has 8 heteroatoms. The largest absolute Gasteiger partial charge is 0.504 e. The summed E-state index contributed by atoms with van der Waals surface area (Å²) in [5.41, 5.74) is 0.884. The van der Waals surface area contributed by atoms with Crippen molar-refractivity contribution in [1.29, 1.82) is 0 Å². The Morgan fingerprint density at radius 1 is 1.04 bits per heavy atom. The predicted octanol–water partition coefficient (Wildman–Crippen LogP) is 2.26. The Labute approximate surface area is 157 Å². The lowest BCUT2D eigenvalue weighted by atomic mass is 10.0. The van der Waals surface area contributed by atoms with Gasteiger partial charge in [0.25, 0.3) is 0 Å². The van der Waals surface area contributed by atoms with Crippen molar-refractivity contribution in [1.82, 2.24) is 0 Å². The van der Waals surface area contributed by atoms with E-state index < -0.39 is 25.4 Å². The highest BCUT2D eigenvalue weighted by atomic mass is 16.5. The summed E-state index contributed by atoms with van der Waals surface area (Å²) in [6.07, 6.45) is 1.24. The molecule has 0 aromatic heterocycles. The molecule has 0 aliphatic rings. The van der Waals surface area contributed by atoms with E-state index in [-0.39, 0.29) is 17.1 Å². The molecule has 4 N–H and O–H groups in total. The molecule has 2 aromatic rings. The van der Waals surface area contributed by atoms with Crippen LogP contribution in [-0.4, -0.2) is 59.1 Å². The van der Waals surface area contributed by atoms with Crippen molar-refractivity contribution in [3.8, 4) is 11.5 Å². The summed E-state index contributed by atoms with van der Waals surface area (Å²) in [7, 11) is 1.40. The number of aryl methyl sites for hydroxylation is 1. The van der Waals surface area contributed by atoms with Crippen LogP contribution in [0.4, 0.5) is 11.4 Å². The first-order chi connectivity index (χ1) is 13.0. The molecule has 8 nitrogen and oxygen atoms in total. The smallest absolute Gasteiger partial charge is 0.166 e. The van der Waals surface area contributed by atoms with Crippen molar-refractivity contribution in [2.24, 2.45) is 15.2 Å². The molecule has 0 unspecified atom stereocenters. The van der Waals surface area contributed by atoms with Crippen LogP contribution in [0.3, 0.4) is 0 Å². The van der Waals surface area contributed by atoms with Gasteiger partial charge in [-0.25, -0.2) is 0 Å². The first-order valence-corrected chi connectivity index (χ1v) is 8.25. The third-order valence-electron chi connectivity index (χ3n) is 4.06. The minimum Gasteiger partial charge on any atom is -0.504 e. The summed E-state index contributed by atoms with van der Waals surface area (Å²) < 4.78 is 5.15. The Hall–Kier alpha value is -2.81. The zero-order chi connectivity index (χ0) is 19.9. The molecule has 0 heterocycles. The second-order valence-corrected chi connectivity index (χ2v) is 6.03. The van der Waals surface area contributed by atoms with Crippen molar-refractivity contribution in [2.45, 2.75) is 12.5 Å². The Morgan fingerprint density at radius 3 is 2.30 bits per heavy atom. The molecule has 0 fully saturated rings. The second-order valence-electron chi connectivity index (χ2n) is 6.03. The van der Waals surface area contributed by atoms with Crippen LogP contribution < -0.4 is 4.74 Å². The fourth-order valence-electron chi connectivity index (χ4n) is 2.19. The molecule has 0 amide bonds. The van der Waals surface area contributed by atoms with Crippen LogP contribution in [0, 0.1) is 6.92 Å². The second kappa shape index (κ2) is 9.22. The zero-order valence-electron chi connectivity index (χ0n) is 15.2. The molecule has 2 aromatic carbocycles. The summed E-state index contributed by atoms with van der Waals surface area (Å²) >= 11 is 0. The number of phenols is 1. The topological polar surface area (TPSA) is 127 Å². The molecule has 144 valence electrons. The zero-order valence-corrected chi connectivity index (χ0v) is 15.2. The predicted molar refractivity (Wildman–Crippen MR) is 102 cm³/mol. The molecule has 0 saturated carbocycles. The molecule has 27 heavy (non-hydrogen) atoms. The highest BCUT2D eigenvalue weighted by Gasteiger charge is 2.26. The van der Waals surface area contributed by atoms with E-state index >= 15 is 0 Å². The van der Waals surface area contributed by atoms with E-state index in [9.17, 15) is 20.4 Å². The standard InChI is InChI=1S/C19H23N3O5/c1-13-5-3-4-6-16(13)22-21-15-7-14(18(26)17(8-15)27-2)9-20-19(10-23,11-24)12-25/h3-9,23-26H,10-12H2,1-2H3. The van der Waals surface area contributed by atoms with E-state index in [4.69, 9.17) is 4.74 Å². The van der Waals surface area contributed by atoms with Gasteiger partial charge >= 0.3 is 0 Å². The van der Waals surface area contributed by atoms with Gasteiger partial charge in [0.2, 0.25) is 0 Å². The molecule has 0 bridgehead atoms. The minimum absolute atomic E-state index is 0.167. The average molecular weight is 373 g/mol. The van der Waals surface area contributed by atoms with E-state index in [0.29, 0.717) is 11.4 Å². The lowest BCUT2D eigenvalue weighted by molar-refractivity contribution is 0.0718. The lowest BCUT2D eigenvalue weighted by Gasteiger charge is -2.22. The molecule has 0 spiro atoms. The number of rotatable bonds is 8. The maximum absolute atomic E-state index is 10.3. The van der Waals surface area contributed by atoms with Crippen molar-refractivity contribution < 1.29 is 25.2 Å². The third kappa shape index (κ3) is 4.88. The number of azo groups is 1. The summed E-state index contributed by atoms with van der Waals surface area (Å²) in [5.74, 6) is -0.0147. The Balaban J connectivity index is 2.41. The van der Waals surface area contributed by atoms with Crippen molar-refractivity contribution in [3.63, 3.8) is 0 Å². The van der Waals surface area contributed by atoms with Gasteiger partial charge < -0.3 is 25.2 Å². The van der Waals surface area contributed by atoms with Gasteiger partial charge in [0, 0.05) is 17.8 Å². The SMILES string of the molecule is COc1cc(N=Nc2ccccc2C)cc(C=NC(CO)(CO)CO)c1O. The molecular weight excluding hydrogens is 350 g/mol. The van der Waals surface area contributed by atoms with Gasteiger partial charge in [-0.2, -0.15) is 10.2 Å². The third-order valence-corrected chi connectivity index (χ3v) is 4.06. The van der Waals surface area contributed by atoms with Crippen LogP contribution >= 0.6 is 0 Å². The number of aliphatic hydroxyl groups is 3. The maximum Gasteiger partial charge on any atom is 0.166 e. The van der Waals surface area contributed by atoms with Crippen molar-refractivity contribution in [2.75, 3.05) is 26.9 Å². The first kappa shape index (κ1) is 20.5. The van der Waals surface area contributed by atoms with Gasteiger partial charge in [0.05, 0.1) is 38.3 Å². The van der Waals surface area contributed by atoms with Crippen LogP contribution in [0.5, 0.6) is 11.5 Å². The van der Waals surface area contributed by atoms with Gasteiger partial charge in [0.15, 0.2) is 11.5 Å². The van der Waals surface area contributed by atoms with Crippen LogP contribution in [-0.2, 0) is 0 Å². The maximum atomic E-state index is 10.3.